The molecule has 0 aromatic carbocycles. The molecule has 2 N–H and O–H groups in total. The number of carbonyl (C=O) groups excluding carboxylic acids is 2. The molecule has 2 fully saturated rings. The third-order valence-electron chi connectivity index (χ3n) is 5.29. The van der Waals surface area contributed by atoms with E-state index in [9.17, 15) is 19.2 Å². The summed E-state index contributed by atoms with van der Waals surface area (Å²) in [5.41, 5.74) is 0. The van der Waals surface area contributed by atoms with Gasteiger partial charge in [0.15, 0.2) is 0 Å². The molecule has 0 amide bonds. The summed E-state index contributed by atoms with van der Waals surface area (Å²) in [6, 6.07) is 0. The summed E-state index contributed by atoms with van der Waals surface area (Å²) >= 11 is 0. The van der Waals surface area contributed by atoms with Gasteiger partial charge in [-0.05, 0) is 52.4 Å². The zero-order valence-electron chi connectivity index (χ0n) is 16.7. The molecule has 2 aliphatic carbocycles. The van der Waals surface area contributed by atoms with Crippen molar-refractivity contribution in [2.75, 3.05) is 13.2 Å². The Labute approximate surface area is 165 Å². The number of carboxylic acids is 2. The first-order valence-electron chi connectivity index (χ1n) is 10.1. The molecule has 4 atom stereocenters. The first kappa shape index (κ1) is 23.9. The van der Waals surface area contributed by atoms with E-state index in [-0.39, 0.29) is 35.6 Å². The smallest absolute Gasteiger partial charge is 0.308 e. The largest absolute Gasteiger partial charge is 0.481 e. The molecule has 2 saturated carbocycles. The fourth-order valence-electron chi connectivity index (χ4n) is 3.78. The van der Waals surface area contributed by atoms with Crippen molar-refractivity contribution in [1.82, 2.24) is 0 Å². The Morgan fingerprint density at radius 3 is 1.29 bits per heavy atom. The van der Waals surface area contributed by atoms with E-state index in [4.69, 9.17) is 19.7 Å². The van der Waals surface area contributed by atoms with Crippen LogP contribution in [-0.4, -0.2) is 47.3 Å². The fraction of sp³-hybridized carbons (Fsp3) is 0.800. The van der Waals surface area contributed by atoms with Crippen molar-refractivity contribution in [2.24, 2.45) is 23.7 Å². The van der Waals surface area contributed by atoms with E-state index in [1.165, 1.54) is 0 Å². The van der Waals surface area contributed by atoms with Crippen molar-refractivity contribution < 1.29 is 38.9 Å². The zero-order chi connectivity index (χ0) is 21.1. The predicted molar refractivity (Wildman–Crippen MR) is 99.4 cm³/mol. The lowest BCUT2D eigenvalue weighted by Crippen LogP contribution is -2.28. The summed E-state index contributed by atoms with van der Waals surface area (Å²) in [7, 11) is 0. The highest BCUT2D eigenvalue weighted by Crippen LogP contribution is 2.30. The van der Waals surface area contributed by atoms with Crippen LogP contribution in [0.4, 0.5) is 0 Å². The molecule has 0 aliphatic heterocycles. The summed E-state index contributed by atoms with van der Waals surface area (Å²) in [5, 5.41) is 17.6. The van der Waals surface area contributed by atoms with Gasteiger partial charge in [-0.2, -0.15) is 0 Å². The number of rotatable bonds is 6. The van der Waals surface area contributed by atoms with E-state index in [2.05, 4.69) is 0 Å². The fourth-order valence-corrected chi connectivity index (χ4v) is 3.78. The van der Waals surface area contributed by atoms with Crippen LogP contribution in [0.2, 0.25) is 0 Å². The highest BCUT2D eigenvalue weighted by molar-refractivity contribution is 5.76. The molecule has 0 saturated heterocycles. The summed E-state index contributed by atoms with van der Waals surface area (Å²) in [5.74, 6) is -3.19. The van der Waals surface area contributed by atoms with Gasteiger partial charge in [0.1, 0.15) is 0 Å². The van der Waals surface area contributed by atoms with E-state index in [0.29, 0.717) is 38.9 Å². The minimum absolute atomic E-state index is 0.204. The lowest BCUT2D eigenvalue weighted by atomic mass is 9.81. The van der Waals surface area contributed by atoms with Gasteiger partial charge in [0.25, 0.3) is 0 Å². The SMILES string of the molecule is CCOC(=O)[C@@H]1CCC[C@H](C(=O)O)C1.CCOC(=O)[C@@H]1CCC[C@H](C(=O)O)C1. The Kier molecular flexibility index (Phi) is 10.6. The van der Waals surface area contributed by atoms with E-state index < -0.39 is 11.9 Å². The second-order valence-electron chi connectivity index (χ2n) is 7.30. The number of esters is 2. The highest BCUT2D eigenvalue weighted by atomic mass is 16.5. The Balaban J connectivity index is 0.000000280. The van der Waals surface area contributed by atoms with Crippen molar-refractivity contribution in [1.29, 1.82) is 0 Å². The lowest BCUT2D eigenvalue weighted by molar-refractivity contribution is -0.153. The molecular formula is C20H32O8. The van der Waals surface area contributed by atoms with Crippen LogP contribution in [0.15, 0.2) is 0 Å². The zero-order valence-corrected chi connectivity index (χ0v) is 16.7. The molecule has 28 heavy (non-hydrogen) atoms. The number of carboxylic acid groups (broad SMARTS) is 2. The van der Waals surface area contributed by atoms with Gasteiger partial charge in [-0.3, -0.25) is 19.2 Å². The van der Waals surface area contributed by atoms with Gasteiger partial charge in [0, 0.05) is 0 Å². The monoisotopic (exact) mass is 400 g/mol. The third kappa shape index (κ3) is 7.86. The van der Waals surface area contributed by atoms with Gasteiger partial charge in [0.05, 0.1) is 36.9 Å². The first-order chi connectivity index (χ1) is 13.3. The van der Waals surface area contributed by atoms with E-state index in [1.807, 2.05) is 0 Å². The maximum atomic E-state index is 11.4. The Hall–Kier alpha value is -2.12. The Bertz CT molecular complexity index is 496. The molecule has 0 spiro atoms. The van der Waals surface area contributed by atoms with Crippen LogP contribution >= 0.6 is 0 Å². The van der Waals surface area contributed by atoms with Crippen LogP contribution in [0.3, 0.4) is 0 Å². The molecule has 0 bridgehead atoms. The number of ether oxygens (including phenoxy) is 2. The maximum Gasteiger partial charge on any atom is 0.308 e. The maximum absolute atomic E-state index is 11.4. The second kappa shape index (κ2) is 12.4. The van der Waals surface area contributed by atoms with Crippen LogP contribution in [0.5, 0.6) is 0 Å². The van der Waals surface area contributed by atoms with Gasteiger partial charge < -0.3 is 19.7 Å². The summed E-state index contributed by atoms with van der Waals surface area (Å²) in [4.78, 5) is 44.2. The van der Waals surface area contributed by atoms with Gasteiger partial charge in [0.2, 0.25) is 0 Å². The lowest BCUT2D eigenvalue weighted by Gasteiger charge is -2.24. The van der Waals surface area contributed by atoms with Crippen LogP contribution in [0.1, 0.15) is 65.2 Å². The van der Waals surface area contributed by atoms with Gasteiger partial charge in [-0.15, -0.1) is 0 Å². The van der Waals surface area contributed by atoms with Crippen LogP contribution in [-0.2, 0) is 28.7 Å². The van der Waals surface area contributed by atoms with Crippen molar-refractivity contribution in [3.05, 3.63) is 0 Å². The van der Waals surface area contributed by atoms with Crippen molar-refractivity contribution >= 4 is 23.9 Å². The standard InChI is InChI=1S/2C10H16O4/c2*1-2-14-10(13)8-5-3-4-7(6-8)9(11)12/h2*7-8H,2-6H2,1H3,(H,11,12)/t2*7-,8+/m00/s1. The van der Waals surface area contributed by atoms with E-state index in [1.54, 1.807) is 13.8 Å². The minimum atomic E-state index is -0.793. The number of hydrogen-bond donors (Lipinski definition) is 2. The molecule has 8 heteroatoms. The van der Waals surface area contributed by atoms with Gasteiger partial charge in [-0.1, -0.05) is 12.8 Å². The topological polar surface area (TPSA) is 127 Å². The molecule has 0 unspecified atom stereocenters. The van der Waals surface area contributed by atoms with E-state index >= 15 is 0 Å². The van der Waals surface area contributed by atoms with Crippen LogP contribution in [0.25, 0.3) is 0 Å². The average molecular weight is 400 g/mol. The molecular weight excluding hydrogens is 368 g/mol. The number of aliphatic carboxylic acids is 2. The summed E-state index contributed by atoms with van der Waals surface area (Å²) in [6.45, 7) is 4.25. The molecule has 2 aliphatic rings. The van der Waals surface area contributed by atoms with Crippen molar-refractivity contribution in [2.45, 2.75) is 65.2 Å². The van der Waals surface area contributed by atoms with Gasteiger partial charge in [-0.25, -0.2) is 0 Å². The molecule has 0 heterocycles. The third-order valence-corrected chi connectivity index (χ3v) is 5.29. The molecule has 0 radical (unpaired) electrons. The number of hydrogen-bond acceptors (Lipinski definition) is 6. The first-order valence-corrected chi connectivity index (χ1v) is 10.1. The van der Waals surface area contributed by atoms with Crippen LogP contribution in [0, 0.1) is 23.7 Å². The Morgan fingerprint density at radius 1 is 0.679 bits per heavy atom. The summed E-state index contributed by atoms with van der Waals surface area (Å²) < 4.78 is 9.76. The Morgan fingerprint density at radius 2 is 1.00 bits per heavy atom. The van der Waals surface area contributed by atoms with Crippen LogP contribution < -0.4 is 0 Å². The van der Waals surface area contributed by atoms with E-state index in [0.717, 1.165) is 25.7 Å². The highest BCUT2D eigenvalue weighted by Gasteiger charge is 2.32. The second-order valence-corrected chi connectivity index (χ2v) is 7.30. The summed E-state index contributed by atoms with van der Waals surface area (Å²) in [6.07, 6.45) is 5.39. The van der Waals surface area contributed by atoms with Gasteiger partial charge >= 0.3 is 23.9 Å². The average Bonchev–Trinajstić information content (AvgIpc) is 2.69. The molecule has 8 nitrogen and oxygen atoms in total. The molecule has 0 aromatic heterocycles. The predicted octanol–water partition coefficient (Wildman–Crippen LogP) is 2.88. The quantitative estimate of drug-likeness (QED) is 0.652. The molecule has 0 aromatic rings. The normalized spacial score (nSPS) is 26.9. The molecule has 160 valence electrons. The number of carbonyl (C=O) groups is 4. The van der Waals surface area contributed by atoms with Crippen molar-refractivity contribution in [3.63, 3.8) is 0 Å². The molecule has 2 rings (SSSR count). The minimum Gasteiger partial charge on any atom is -0.481 e. The van der Waals surface area contributed by atoms with Crippen molar-refractivity contribution in [3.8, 4) is 0 Å².